The van der Waals surface area contributed by atoms with Gasteiger partial charge in [-0.15, -0.1) is 0 Å². The number of pyridine rings is 1. The van der Waals surface area contributed by atoms with Gasteiger partial charge in [0.15, 0.2) is 11.6 Å². The van der Waals surface area contributed by atoms with E-state index in [1.165, 1.54) is 12.8 Å². The molecule has 5 heteroatoms. The molecule has 0 N–H and O–H groups in total. The lowest BCUT2D eigenvalue weighted by Gasteiger charge is -2.12. The summed E-state index contributed by atoms with van der Waals surface area (Å²) in [7, 11) is 0. The number of rotatable bonds is 14. The van der Waals surface area contributed by atoms with E-state index in [1.807, 2.05) is 24.3 Å². The van der Waals surface area contributed by atoms with Crippen molar-refractivity contribution in [1.29, 1.82) is 0 Å². The van der Waals surface area contributed by atoms with Gasteiger partial charge in [0.2, 0.25) is 0 Å². The van der Waals surface area contributed by atoms with E-state index in [9.17, 15) is 8.78 Å². The predicted molar refractivity (Wildman–Crippen MR) is 141 cm³/mol. The minimum atomic E-state index is -0.890. The molecule has 0 amide bonds. The monoisotopic (exact) mass is 479 g/mol. The number of hydrogen-bond donors (Lipinski definition) is 0. The molecule has 1 heterocycles. The smallest absolute Gasteiger partial charge is 0.168 e. The summed E-state index contributed by atoms with van der Waals surface area (Å²) in [4.78, 5) is 4.35. The van der Waals surface area contributed by atoms with Crippen LogP contribution in [0.2, 0.25) is 0 Å². The van der Waals surface area contributed by atoms with Crippen LogP contribution in [0.25, 0.3) is 28.1 Å². The molecule has 2 aromatic carbocycles. The predicted octanol–water partition coefficient (Wildman–Crippen LogP) is 8.52. The van der Waals surface area contributed by atoms with Gasteiger partial charge in [-0.3, -0.25) is 4.98 Å². The van der Waals surface area contributed by atoms with Crippen molar-refractivity contribution in [3.05, 3.63) is 78.5 Å². The Morgan fingerprint density at radius 3 is 2.69 bits per heavy atom. The van der Waals surface area contributed by atoms with Gasteiger partial charge in [-0.25, -0.2) is 8.78 Å². The Kier molecular flexibility index (Phi) is 10.4. The fourth-order valence-electron chi connectivity index (χ4n) is 3.86. The number of ether oxygens (including phenoxy) is 2. The quantitative estimate of drug-likeness (QED) is 0.171. The normalized spacial score (nSPS) is 12.3. The number of nitrogens with zero attached hydrogens (tertiary/aromatic N) is 1. The number of halogens is 2. The summed E-state index contributed by atoms with van der Waals surface area (Å²) < 4.78 is 41.0. The lowest BCUT2D eigenvalue weighted by Crippen LogP contribution is -2.08. The van der Waals surface area contributed by atoms with Crippen LogP contribution in [0.1, 0.15) is 57.9 Å². The molecule has 0 saturated heterocycles. The van der Waals surface area contributed by atoms with Gasteiger partial charge < -0.3 is 9.47 Å². The third-order valence-corrected chi connectivity index (χ3v) is 5.88. The first kappa shape index (κ1) is 26.6. The highest BCUT2D eigenvalue weighted by atomic mass is 19.2. The molecule has 1 aromatic heterocycles. The highest BCUT2D eigenvalue weighted by molar-refractivity contribution is 5.86. The minimum Gasteiger partial charge on any atom is -0.490 e. The fraction of sp³-hybridized carbons (Fsp3) is 0.367. The lowest BCUT2D eigenvalue weighted by molar-refractivity contribution is 0.0566. The average Bonchev–Trinajstić information content (AvgIpc) is 2.87. The van der Waals surface area contributed by atoms with Crippen LogP contribution in [0.15, 0.2) is 61.3 Å². The van der Waals surface area contributed by atoms with Crippen molar-refractivity contribution in [2.45, 2.75) is 58.5 Å². The van der Waals surface area contributed by atoms with E-state index in [-0.39, 0.29) is 17.2 Å². The number of fused-ring (bicyclic) bond motifs is 1. The van der Waals surface area contributed by atoms with E-state index >= 15 is 0 Å². The van der Waals surface area contributed by atoms with Crippen LogP contribution in [0.4, 0.5) is 8.78 Å². The highest BCUT2D eigenvalue weighted by Crippen LogP contribution is 2.29. The van der Waals surface area contributed by atoms with Gasteiger partial charge in [0.25, 0.3) is 0 Å². The van der Waals surface area contributed by atoms with Crippen LogP contribution in [0, 0.1) is 11.6 Å². The molecule has 0 radical (unpaired) electrons. The summed E-state index contributed by atoms with van der Waals surface area (Å²) in [6.07, 6.45) is 13.2. The Balaban J connectivity index is 1.61. The maximum absolute atomic E-state index is 14.9. The van der Waals surface area contributed by atoms with Crippen molar-refractivity contribution in [2.24, 2.45) is 0 Å². The van der Waals surface area contributed by atoms with Gasteiger partial charge in [-0.2, -0.15) is 0 Å². The second-order valence-corrected chi connectivity index (χ2v) is 8.73. The van der Waals surface area contributed by atoms with Crippen LogP contribution in [0.3, 0.4) is 0 Å². The SMILES string of the molecule is C=CCOc1ccc2cc(-c3ccc(C=CCCCC(C)OCCCCC)c(F)c3F)ncc2c1. The fourth-order valence-corrected chi connectivity index (χ4v) is 3.86. The van der Waals surface area contributed by atoms with E-state index in [0.29, 0.717) is 18.1 Å². The average molecular weight is 480 g/mol. The maximum atomic E-state index is 14.9. The van der Waals surface area contributed by atoms with Crippen LogP contribution in [-0.4, -0.2) is 24.3 Å². The van der Waals surface area contributed by atoms with Gasteiger partial charge in [0.1, 0.15) is 12.4 Å². The Bertz CT molecular complexity index is 1140. The highest BCUT2D eigenvalue weighted by Gasteiger charge is 2.15. The van der Waals surface area contributed by atoms with E-state index in [1.54, 1.807) is 36.5 Å². The van der Waals surface area contributed by atoms with Gasteiger partial charge in [-0.1, -0.05) is 56.7 Å². The molecule has 3 nitrogen and oxygen atoms in total. The largest absolute Gasteiger partial charge is 0.490 e. The molecule has 35 heavy (non-hydrogen) atoms. The van der Waals surface area contributed by atoms with E-state index < -0.39 is 11.6 Å². The van der Waals surface area contributed by atoms with Crippen molar-refractivity contribution in [1.82, 2.24) is 4.98 Å². The zero-order chi connectivity index (χ0) is 25.0. The van der Waals surface area contributed by atoms with Crippen molar-refractivity contribution in [3.63, 3.8) is 0 Å². The summed E-state index contributed by atoms with van der Waals surface area (Å²) in [6.45, 7) is 9.11. The van der Waals surface area contributed by atoms with Crippen LogP contribution >= 0.6 is 0 Å². The molecule has 0 aliphatic rings. The summed E-state index contributed by atoms with van der Waals surface area (Å²) in [5, 5.41) is 1.73. The van der Waals surface area contributed by atoms with E-state index in [0.717, 1.165) is 43.1 Å². The van der Waals surface area contributed by atoms with Gasteiger partial charge in [0, 0.05) is 29.3 Å². The van der Waals surface area contributed by atoms with Gasteiger partial charge in [0.05, 0.1) is 11.8 Å². The van der Waals surface area contributed by atoms with Crippen LogP contribution in [-0.2, 0) is 4.74 Å². The van der Waals surface area contributed by atoms with E-state index in [4.69, 9.17) is 9.47 Å². The number of hydrogen-bond acceptors (Lipinski definition) is 3. The third kappa shape index (κ3) is 7.72. The standard InChI is InChI=1S/C30H35F2NO2/c1-4-6-10-18-34-22(3)11-8-7-9-12-23-14-16-27(30(32)29(23)31)28-20-24-13-15-26(35-17-5-2)19-25(24)21-33-28/h5,9,12-16,19-22H,2,4,6-8,10-11,17-18H2,1,3H3. The topological polar surface area (TPSA) is 31.4 Å². The summed E-state index contributed by atoms with van der Waals surface area (Å²) in [5.41, 5.74) is 0.764. The second kappa shape index (κ2) is 13.7. The molecule has 186 valence electrons. The first-order chi connectivity index (χ1) is 17.0. The molecule has 0 fully saturated rings. The van der Waals surface area contributed by atoms with Gasteiger partial charge in [-0.05, 0) is 62.3 Å². The summed E-state index contributed by atoms with van der Waals surface area (Å²) >= 11 is 0. The Hall–Kier alpha value is -3.05. The van der Waals surface area contributed by atoms with Crippen LogP contribution < -0.4 is 4.74 Å². The Morgan fingerprint density at radius 2 is 1.89 bits per heavy atom. The molecule has 3 rings (SSSR count). The molecule has 0 aliphatic carbocycles. The zero-order valence-corrected chi connectivity index (χ0v) is 20.7. The second-order valence-electron chi connectivity index (χ2n) is 8.73. The first-order valence-electron chi connectivity index (χ1n) is 12.4. The Morgan fingerprint density at radius 1 is 1.03 bits per heavy atom. The first-order valence-corrected chi connectivity index (χ1v) is 12.4. The van der Waals surface area contributed by atoms with Crippen molar-refractivity contribution < 1.29 is 18.3 Å². The van der Waals surface area contributed by atoms with Crippen molar-refractivity contribution in [3.8, 4) is 17.0 Å². The summed E-state index contributed by atoms with van der Waals surface area (Å²) in [6, 6.07) is 10.5. The molecule has 3 aromatic rings. The van der Waals surface area contributed by atoms with E-state index in [2.05, 4.69) is 25.4 Å². The molecule has 0 aliphatic heterocycles. The number of aromatic nitrogens is 1. The van der Waals surface area contributed by atoms with Crippen molar-refractivity contribution >= 4 is 16.8 Å². The molecule has 1 unspecified atom stereocenters. The molecular weight excluding hydrogens is 444 g/mol. The number of allylic oxidation sites excluding steroid dienone is 1. The molecule has 0 saturated carbocycles. The molecular formula is C30H35F2NO2. The molecule has 0 bridgehead atoms. The Labute approximate surface area is 207 Å². The van der Waals surface area contributed by atoms with Crippen molar-refractivity contribution in [2.75, 3.05) is 13.2 Å². The zero-order valence-electron chi connectivity index (χ0n) is 20.7. The summed E-state index contributed by atoms with van der Waals surface area (Å²) in [5.74, 6) is -1.05. The molecule has 0 spiro atoms. The van der Waals surface area contributed by atoms with Gasteiger partial charge >= 0.3 is 0 Å². The van der Waals surface area contributed by atoms with Crippen LogP contribution in [0.5, 0.6) is 5.75 Å². The molecule has 1 atom stereocenters. The minimum absolute atomic E-state index is 0.141. The maximum Gasteiger partial charge on any atom is 0.168 e. The number of unbranched alkanes of at least 4 members (excludes halogenated alkanes) is 3. The number of benzene rings is 2. The lowest BCUT2D eigenvalue weighted by atomic mass is 10.0. The third-order valence-electron chi connectivity index (χ3n) is 5.88.